The van der Waals surface area contributed by atoms with E-state index in [-0.39, 0.29) is 31.8 Å². The number of aromatic nitrogens is 1. The minimum absolute atomic E-state index is 0.0179. The molecule has 1 aromatic heterocycles. The van der Waals surface area contributed by atoms with E-state index in [2.05, 4.69) is 9.88 Å². The van der Waals surface area contributed by atoms with Gasteiger partial charge in [0, 0.05) is 58.6 Å². The maximum absolute atomic E-state index is 14.5. The zero-order valence-corrected chi connectivity index (χ0v) is 26.9. The molecule has 3 heterocycles. The summed E-state index contributed by atoms with van der Waals surface area (Å²) in [7, 11) is 1.57. The highest BCUT2D eigenvalue weighted by atomic mass is 19.4. The normalized spacial score (nSPS) is 20.2. The Hall–Kier alpha value is -4.53. The van der Waals surface area contributed by atoms with Crippen LogP contribution >= 0.6 is 0 Å². The molecule has 2 aliphatic heterocycles. The Labute approximate surface area is 279 Å². The Balaban J connectivity index is 1.43. The number of hydrogen-bond donors (Lipinski definition) is 0. The van der Waals surface area contributed by atoms with Crippen molar-refractivity contribution >= 4 is 17.5 Å². The van der Waals surface area contributed by atoms with Crippen molar-refractivity contribution in [1.82, 2.24) is 14.8 Å². The lowest BCUT2D eigenvalue weighted by Gasteiger charge is -2.47. The Morgan fingerprint density at radius 2 is 1.59 bits per heavy atom. The second-order valence-electron chi connectivity index (χ2n) is 12.1. The number of halogens is 6. The van der Waals surface area contributed by atoms with Gasteiger partial charge < -0.3 is 28.9 Å². The maximum Gasteiger partial charge on any atom is 0.417 e. The zero-order chi connectivity index (χ0) is 35.4. The van der Waals surface area contributed by atoms with Crippen LogP contribution in [-0.4, -0.2) is 91.8 Å². The molecule has 2 aliphatic rings. The van der Waals surface area contributed by atoms with E-state index in [0.717, 1.165) is 47.2 Å². The van der Waals surface area contributed by atoms with Crippen LogP contribution in [-0.2, 0) is 21.9 Å². The van der Waals surface area contributed by atoms with E-state index in [9.17, 15) is 35.9 Å². The van der Waals surface area contributed by atoms with Gasteiger partial charge in [0.15, 0.2) is 0 Å². The molecule has 264 valence electrons. The number of amides is 2. The summed E-state index contributed by atoms with van der Waals surface area (Å²) in [5.41, 5.74) is -3.76. The topological polar surface area (TPSA) is 84.4 Å². The molecular formula is C34H36F6N4O5. The van der Waals surface area contributed by atoms with Crippen LogP contribution in [0.3, 0.4) is 0 Å². The molecule has 49 heavy (non-hydrogen) atoms. The van der Waals surface area contributed by atoms with E-state index in [1.165, 1.54) is 0 Å². The molecule has 3 aromatic rings. The number of piperazine rings is 1. The Morgan fingerprint density at radius 1 is 0.898 bits per heavy atom. The number of likely N-dealkylation sites (tertiary alicyclic amines) is 1. The van der Waals surface area contributed by atoms with E-state index < -0.39 is 58.9 Å². The predicted octanol–water partition coefficient (Wildman–Crippen LogP) is 5.79. The minimum Gasteiger partial charge on any atom is -0.489 e. The standard InChI is InChI=1S/C34H36F6N4O5/c1-23-19-32(49-25-9-7-24(8-10-25)33(35,36)37,22-44(21-23)30(45)26-20-41-12-11-27(26)34(38,39)40)31(46)43-15-13-42(14-16-43)28-5-3-4-6-29(28)48-18-17-47-2/h3-12,20,23H,13-19,21-22H2,1-2H3/t23-,32-/m1/s1. The molecule has 0 unspecified atom stereocenters. The fourth-order valence-corrected chi connectivity index (χ4v) is 6.30. The van der Waals surface area contributed by atoms with Gasteiger partial charge in [0.25, 0.3) is 11.8 Å². The molecule has 9 nitrogen and oxygen atoms in total. The molecule has 0 spiro atoms. The van der Waals surface area contributed by atoms with Crippen molar-refractivity contribution in [3.63, 3.8) is 0 Å². The van der Waals surface area contributed by atoms with E-state index in [1.54, 1.807) is 18.9 Å². The molecule has 2 amide bonds. The first kappa shape index (κ1) is 35.8. The minimum atomic E-state index is -4.84. The van der Waals surface area contributed by atoms with Gasteiger partial charge in [-0.05, 0) is 48.4 Å². The number of carbonyl (C=O) groups is 2. The molecule has 2 atom stereocenters. The highest BCUT2D eigenvalue weighted by Gasteiger charge is 2.51. The van der Waals surface area contributed by atoms with Crippen molar-refractivity contribution in [3.05, 3.63) is 83.7 Å². The molecule has 0 aliphatic carbocycles. The number of benzene rings is 2. The molecule has 0 radical (unpaired) electrons. The summed E-state index contributed by atoms with van der Waals surface area (Å²) in [6.07, 6.45) is -7.62. The zero-order valence-electron chi connectivity index (χ0n) is 26.9. The first-order valence-electron chi connectivity index (χ1n) is 15.6. The summed E-state index contributed by atoms with van der Waals surface area (Å²) in [5.74, 6) is -1.36. The molecular weight excluding hydrogens is 658 g/mol. The molecule has 2 saturated heterocycles. The second-order valence-corrected chi connectivity index (χ2v) is 12.1. The summed E-state index contributed by atoms with van der Waals surface area (Å²) in [6.45, 7) is 3.30. The maximum atomic E-state index is 14.5. The van der Waals surface area contributed by atoms with E-state index in [0.29, 0.717) is 38.1 Å². The van der Waals surface area contributed by atoms with Crippen LogP contribution in [0.4, 0.5) is 32.0 Å². The van der Waals surface area contributed by atoms with Crippen LogP contribution < -0.4 is 14.4 Å². The number of pyridine rings is 1. The SMILES string of the molecule is COCCOc1ccccc1N1CCN(C(=O)[C@@]2(Oc3ccc(C(F)(F)F)cc3)C[C@@H](C)CN(C(=O)c3cnccc3C(F)(F)F)C2)CC1. The number of piperidine rings is 1. The number of anilines is 1. The van der Waals surface area contributed by atoms with E-state index >= 15 is 0 Å². The average molecular weight is 695 g/mol. The molecule has 0 N–H and O–H groups in total. The number of para-hydroxylation sites is 2. The summed E-state index contributed by atoms with van der Waals surface area (Å²) in [6, 6.07) is 12.0. The van der Waals surface area contributed by atoms with Gasteiger partial charge in [-0.2, -0.15) is 26.3 Å². The van der Waals surface area contributed by atoms with Crippen LogP contribution in [0, 0.1) is 5.92 Å². The van der Waals surface area contributed by atoms with E-state index in [1.807, 2.05) is 24.3 Å². The van der Waals surface area contributed by atoms with Gasteiger partial charge in [-0.3, -0.25) is 14.6 Å². The number of rotatable bonds is 9. The lowest BCUT2D eigenvalue weighted by atomic mass is 9.84. The lowest BCUT2D eigenvalue weighted by Crippen LogP contribution is -2.65. The molecule has 2 fully saturated rings. The first-order chi connectivity index (χ1) is 23.2. The van der Waals surface area contributed by atoms with Crippen molar-refractivity contribution in [1.29, 1.82) is 0 Å². The monoisotopic (exact) mass is 694 g/mol. The average Bonchev–Trinajstić information content (AvgIpc) is 3.07. The number of carbonyl (C=O) groups excluding carboxylic acids is 2. The summed E-state index contributed by atoms with van der Waals surface area (Å²) in [4.78, 5) is 36.7. The number of nitrogens with zero attached hydrogens (tertiary/aromatic N) is 4. The van der Waals surface area contributed by atoms with Crippen LogP contribution in [0.1, 0.15) is 34.8 Å². The van der Waals surface area contributed by atoms with Crippen molar-refractivity contribution in [2.24, 2.45) is 5.92 Å². The highest BCUT2D eigenvalue weighted by Crippen LogP contribution is 2.38. The largest absolute Gasteiger partial charge is 0.489 e. The molecule has 15 heteroatoms. The van der Waals surface area contributed by atoms with Gasteiger partial charge in [0.2, 0.25) is 5.60 Å². The summed E-state index contributed by atoms with van der Waals surface area (Å²) >= 11 is 0. The summed E-state index contributed by atoms with van der Waals surface area (Å²) in [5, 5.41) is 0. The van der Waals surface area contributed by atoms with E-state index in [4.69, 9.17) is 14.2 Å². The molecule has 0 saturated carbocycles. The third-order valence-electron chi connectivity index (χ3n) is 8.50. The molecule has 0 bridgehead atoms. The number of hydrogen-bond acceptors (Lipinski definition) is 7. The first-order valence-corrected chi connectivity index (χ1v) is 15.6. The third-order valence-corrected chi connectivity index (χ3v) is 8.50. The van der Waals surface area contributed by atoms with Gasteiger partial charge in [-0.25, -0.2) is 0 Å². The predicted molar refractivity (Wildman–Crippen MR) is 166 cm³/mol. The van der Waals surface area contributed by atoms with Gasteiger partial charge in [0.05, 0.1) is 35.5 Å². The lowest BCUT2D eigenvalue weighted by molar-refractivity contribution is -0.155. The quantitative estimate of drug-likeness (QED) is 0.207. The van der Waals surface area contributed by atoms with Crippen LogP contribution in [0.2, 0.25) is 0 Å². The molecule has 2 aromatic carbocycles. The summed E-state index contributed by atoms with van der Waals surface area (Å²) < 4.78 is 98.7. The van der Waals surface area contributed by atoms with Gasteiger partial charge >= 0.3 is 12.4 Å². The van der Waals surface area contributed by atoms with Crippen LogP contribution in [0.15, 0.2) is 67.0 Å². The fourth-order valence-electron chi connectivity index (χ4n) is 6.30. The molecule has 5 rings (SSSR count). The van der Waals surface area contributed by atoms with Crippen molar-refractivity contribution < 1.29 is 50.1 Å². The number of alkyl halides is 6. The second kappa shape index (κ2) is 14.5. The number of methoxy groups -OCH3 is 1. The number of ether oxygens (including phenoxy) is 3. The van der Waals surface area contributed by atoms with Crippen LogP contribution in [0.5, 0.6) is 11.5 Å². The van der Waals surface area contributed by atoms with Crippen molar-refractivity contribution in [3.8, 4) is 11.5 Å². The fraction of sp³-hybridized carbons (Fsp3) is 0.441. The van der Waals surface area contributed by atoms with Crippen LogP contribution in [0.25, 0.3) is 0 Å². The Bertz CT molecular complexity index is 1610. The smallest absolute Gasteiger partial charge is 0.417 e. The third kappa shape index (κ3) is 8.20. The Morgan fingerprint density at radius 3 is 2.24 bits per heavy atom. The van der Waals surface area contributed by atoms with Gasteiger partial charge in [-0.1, -0.05) is 19.1 Å². The van der Waals surface area contributed by atoms with Gasteiger partial charge in [0.1, 0.15) is 18.1 Å². The Kier molecular flexibility index (Phi) is 10.6. The highest BCUT2D eigenvalue weighted by molar-refractivity contribution is 5.96. The van der Waals surface area contributed by atoms with Crippen molar-refractivity contribution in [2.75, 3.05) is 64.5 Å². The van der Waals surface area contributed by atoms with Crippen molar-refractivity contribution in [2.45, 2.75) is 31.3 Å². The van der Waals surface area contributed by atoms with Gasteiger partial charge in [-0.15, -0.1) is 0 Å².